The van der Waals surface area contributed by atoms with Gasteiger partial charge in [-0.25, -0.2) is 9.59 Å². The highest BCUT2D eigenvalue weighted by molar-refractivity contribution is 6.04. The van der Waals surface area contributed by atoms with Crippen molar-refractivity contribution in [2.45, 2.75) is 33.1 Å². The van der Waals surface area contributed by atoms with Gasteiger partial charge in [0.2, 0.25) is 5.91 Å². The zero-order valence-electron chi connectivity index (χ0n) is 16.5. The predicted molar refractivity (Wildman–Crippen MR) is 102 cm³/mol. The molecule has 8 heteroatoms. The van der Waals surface area contributed by atoms with Gasteiger partial charge in [0.05, 0.1) is 41.9 Å². The van der Waals surface area contributed by atoms with Crippen LogP contribution in [-0.4, -0.2) is 42.1 Å². The maximum atomic E-state index is 13.0. The van der Waals surface area contributed by atoms with Crippen molar-refractivity contribution in [2.24, 2.45) is 23.7 Å². The summed E-state index contributed by atoms with van der Waals surface area (Å²) in [5.74, 6) is -4.01. The van der Waals surface area contributed by atoms with Gasteiger partial charge in [0.15, 0.2) is 0 Å². The molecule has 1 aromatic carbocycles. The quantitative estimate of drug-likeness (QED) is 0.672. The third kappa shape index (κ3) is 4.11. The summed E-state index contributed by atoms with van der Waals surface area (Å²) in [5.41, 5.74) is 0.395. The van der Waals surface area contributed by atoms with Crippen LogP contribution in [0.3, 0.4) is 0 Å². The average molecular weight is 403 g/mol. The topological polar surface area (TPSA) is 119 Å². The summed E-state index contributed by atoms with van der Waals surface area (Å²) in [7, 11) is 0. The van der Waals surface area contributed by atoms with E-state index in [1.54, 1.807) is 13.8 Å². The Labute approximate surface area is 168 Å². The zero-order chi connectivity index (χ0) is 21.1. The van der Waals surface area contributed by atoms with Gasteiger partial charge in [0.25, 0.3) is 0 Å². The fourth-order valence-corrected chi connectivity index (χ4v) is 4.62. The fourth-order valence-electron chi connectivity index (χ4n) is 4.62. The highest BCUT2D eigenvalue weighted by Crippen LogP contribution is 2.52. The van der Waals surface area contributed by atoms with Gasteiger partial charge in [0.1, 0.15) is 0 Å². The molecule has 2 fully saturated rings. The smallest absolute Gasteiger partial charge is 0.340 e. The number of carbonyl (C=O) groups excluding carboxylic acids is 3. The Kier molecular flexibility index (Phi) is 6.20. The number of aliphatic carboxylic acids is 1. The molecule has 2 N–H and O–H groups in total. The second-order valence-corrected chi connectivity index (χ2v) is 7.41. The summed E-state index contributed by atoms with van der Waals surface area (Å²) < 4.78 is 10.0. The summed E-state index contributed by atoms with van der Waals surface area (Å²) >= 11 is 0. The second-order valence-electron chi connectivity index (χ2n) is 7.41. The van der Waals surface area contributed by atoms with Gasteiger partial charge in [-0.05, 0) is 63.1 Å². The number of benzene rings is 1. The molecule has 0 saturated heterocycles. The van der Waals surface area contributed by atoms with Crippen LogP contribution in [0.25, 0.3) is 0 Å². The van der Waals surface area contributed by atoms with Crippen LogP contribution >= 0.6 is 0 Å². The molecule has 156 valence electrons. The normalized spacial score (nSPS) is 24.8. The fraction of sp³-hybridized carbons (Fsp3) is 0.524. The third-order valence-corrected chi connectivity index (χ3v) is 5.79. The molecule has 2 saturated carbocycles. The van der Waals surface area contributed by atoms with Crippen LogP contribution in [0.1, 0.15) is 53.8 Å². The van der Waals surface area contributed by atoms with Crippen molar-refractivity contribution in [1.29, 1.82) is 0 Å². The number of carboxylic acids is 1. The van der Waals surface area contributed by atoms with Gasteiger partial charge in [-0.15, -0.1) is 0 Å². The summed E-state index contributed by atoms with van der Waals surface area (Å²) in [5, 5.41) is 12.3. The maximum absolute atomic E-state index is 13.0. The molecule has 0 spiro atoms. The number of carboxylic acid groups (broad SMARTS) is 1. The number of carbonyl (C=O) groups is 4. The van der Waals surface area contributed by atoms with E-state index in [9.17, 15) is 24.3 Å². The highest BCUT2D eigenvalue weighted by atomic mass is 16.5. The summed E-state index contributed by atoms with van der Waals surface area (Å²) in [6, 6.07) is 4.19. The van der Waals surface area contributed by atoms with Crippen LogP contribution < -0.4 is 5.32 Å². The van der Waals surface area contributed by atoms with Crippen molar-refractivity contribution in [1.82, 2.24) is 0 Å². The minimum Gasteiger partial charge on any atom is -0.481 e. The van der Waals surface area contributed by atoms with E-state index in [0.29, 0.717) is 0 Å². The van der Waals surface area contributed by atoms with Crippen molar-refractivity contribution in [3.05, 3.63) is 29.3 Å². The molecule has 0 heterocycles. The van der Waals surface area contributed by atoms with Gasteiger partial charge in [0, 0.05) is 0 Å². The van der Waals surface area contributed by atoms with E-state index < -0.39 is 35.7 Å². The molecular formula is C21H25NO7. The van der Waals surface area contributed by atoms with Gasteiger partial charge >= 0.3 is 17.9 Å². The predicted octanol–water partition coefficient (Wildman–Crippen LogP) is 2.73. The monoisotopic (exact) mass is 403 g/mol. The Morgan fingerprint density at radius 1 is 1.00 bits per heavy atom. The van der Waals surface area contributed by atoms with Crippen LogP contribution in [0, 0.1) is 23.7 Å². The SMILES string of the molecule is CCOC(=O)c1ccc(C(=O)OCC)c(NC(=O)[C@H]2[C@@H]3CC[C@@H](C3)[C@@H]2C(=O)O)c1. The van der Waals surface area contributed by atoms with E-state index in [1.165, 1.54) is 18.2 Å². The van der Waals surface area contributed by atoms with E-state index >= 15 is 0 Å². The Morgan fingerprint density at radius 2 is 1.62 bits per heavy atom. The maximum Gasteiger partial charge on any atom is 0.340 e. The minimum atomic E-state index is -0.969. The van der Waals surface area contributed by atoms with E-state index in [0.717, 1.165) is 19.3 Å². The molecule has 1 amide bonds. The molecule has 0 aromatic heterocycles. The Balaban J connectivity index is 1.90. The van der Waals surface area contributed by atoms with Crippen molar-refractivity contribution in [3.63, 3.8) is 0 Å². The molecule has 3 rings (SSSR count). The van der Waals surface area contributed by atoms with Crippen LogP contribution in [0.2, 0.25) is 0 Å². The Bertz CT molecular complexity index is 834. The van der Waals surface area contributed by atoms with Gasteiger partial charge in [-0.1, -0.05) is 0 Å². The molecule has 0 unspecified atom stereocenters. The zero-order valence-corrected chi connectivity index (χ0v) is 16.5. The van der Waals surface area contributed by atoms with E-state index in [1.807, 2.05) is 0 Å². The Morgan fingerprint density at radius 3 is 2.24 bits per heavy atom. The molecule has 2 aliphatic rings. The molecule has 2 bridgehead atoms. The van der Waals surface area contributed by atoms with Crippen molar-refractivity contribution < 1.29 is 33.8 Å². The summed E-state index contributed by atoms with van der Waals surface area (Å²) in [4.78, 5) is 49.1. The lowest BCUT2D eigenvalue weighted by atomic mass is 9.78. The van der Waals surface area contributed by atoms with E-state index in [2.05, 4.69) is 5.32 Å². The minimum absolute atomic E-state index is 0.00337. The summed E-state index contributed by atoms with van der Waals surface area (Å²) in [6.45, 7) is 3.68. The molecule has 0 radical (unpaired) electrons. The first kappa shape index (κ1) is 20.8. The first-order chi connectivity index (χ1) is 13.9. The number of anilines is 1. The summed E-state index contributed by atoms with van der Waals surface area (Å²) in [6.07, 6.45) is 2.36. The number of amides is 1. The number of fused-ring (bicyclic) bond motifs is 2. The molecule has 4 atom stereocenters. The van der Waals surface area contributed by atoms with Crippen LogP contribution in [-0.2, 0) is 19.1 Å². The van der Waals surface area contributed by atoms with E-state index in [-0.39, 0.29) is 41.9 Å². The average Bonchev–Trinajstić information content (AvgIpc) is 3.29. The number of ether oxygens (including phenoxy) is 2. The lowest BCUT2D eigenvalue weighted by molar-refractivity contribution is -0.148. The van der Waals surface area contributed by atoms with Crippen LogP contribution in [0.4, 0.5) is 5.69 Å². The van der Waals surface area contributed by atoms with Crippen molar-refractivity contribution in [3.8, 4) is 0 Å². The number of hydrogen-bond acceptors (Lipinski definition) is 6. The van der Waals surface area contributed by atoms with Crippen LogP contribution in [0.5, 0.6) is 0 Å². The lowest BCUT2D eigenvalue weighted by Crippen LogP contribution is -2.38. The van der Waals surface area contributed by atoms with Crippen molar-refractivity contribution in [2.75, 3.05) is 18.5 Å². The third-order valence-electron chi connectivity index (χ3n) is 5.79. The molecule has 2 aliphatic carbocycles. The lowest BCUT2D eigenvalue weighted by Gasteiger charge is -2.27. The standard InChI is InChI=1S/C21H25NO7/c1-3-28-20(26)13-7-8-14(21(27)29-4-2)15(10-13)22-18(23)16-11-5-6-12(9-11)17(16)19(24)25/h7-8,10-12,16-17H,3-6,9H2,1-2H3,(H,22,23)(H,24,25)/t11-,12+,16+,17+/m1/s1. The van der Waals surface area contributed by atoms with Gasteiger partial charge in [-0.3, -0.25) is 9.59 Å². The molecule has 0 aliphatic heterocycles. The highest BCUT2D eigenvalue weighted by Gasteiger charge is 2.54. The molecular weight excluding hydrogens is 378 g/mol. The second kappa shape index (κ2) is 8.63. The number of esters is 2. The van der Waals surface area contributed by atoms with Gasteiger partial charge < -0.3 is 19.9 Å². The molecule has 8 nitrogen and oxygen atoms in total. The number of nitrogens with one attached hydrogen (secondary N) is 1. The molecule has 1 aromatic rings. The number of hydrogen-bond donors (Lipinski definition) is 2. The first-order valence-corrected chi connectivity index (χ1v) is 9.89. The number of rotatable bonds is 7. The Hall–Kier alpha value is -2.90. The van der Waals surface area contributed by atoms with Crippen molar-refractivity contribution >= 4 is 29.5 Å². The van der Waals surface area contributed by atoms with Crippen LogP contribution in [0.15, 0.2) is 18.2 Å². The first-order valence-electron chi connectivity index (χ1n) is 9.89. The van der Waals surface area contributed by atoms with Gasteiger partial charge in [-0.2, -0.15) is 0 Å². The molecule has 29 heavy (non-hydrogen) atoms. The largest absolute Gasteiger partial charge is 0.481 e. The van der Waals surface area contributed by atoms with E-state index in [4.69, 9.17) is 9.47 Å².